The maximum absolute atomic E-state index is 14.2. The molecule has 0 aliphatic heterocycles. The third-order valence-electron chi connectivity index (χ3n) is 10.1. The van der Waals surface area contributed by atoms with Crippen LogP contribution in [0.2, 0.25) is 0 Å². The van der Waals surface area contributed by atoms with E-state index in [0.717, 1.165) is 0 Å². The van der Waals surface area contributed by atoms with E-state index >= 15 is 0 Å². The van der Waals surface area contributed by atoms with Crippen LogP contribution in [0.25, 0.3) is 10.9 Å². The van der Waals surface area contributed by atoms with Crippen LogP contribution in [0.4, 0.5) is 0 Å². The summed E-state index contributed by atoms with van der Waals surface area (Å²) in [6, 6.07) is -4.34. The molecule has 3 rings (SSSR count). The zero-order valence-electron chi connectivity index (χ0n) is 36.0. The standard InChI is InChI=1S/C40H58N14O12/c1-19(55)33(45)39(64)54-27(13-21-17-46-18-48-21)36(61)53-28(14-31(43)57)37(62)49-24(9-10-30(42)56)34(59)51-26(12-20-16-47-23-7-3-2-6-22(20)23)35(60)52-29(15-32(44)58)38(63)50-25(40(65)66)8-4-5-11-41/h2-3,6-7,16-19,24-29,33,47,55H,4-5,8-15,41,45H2,1H3,(H2,42,56)(H2,43,57)(H2,44,58)(H,46,48)(H,49,62)(H,50,63)(H,51,59)(H,52,60)(H,53,61)(H,54,64)(H,65,66)/t19-,24+,25+,26+,27+,28+,29+,33+/m1/s1. The maximum Gasteiger partial charge on any atom is 0.326 e. The van der Waals surface area contributed by atoms with Gasteiger partial charge in [0, 0.05) is 48.3 Å². The first-order valence-electron chi connectivity index (χ1n) is 20.8. The third kappa shape index (κ3) is 16.9. The molecule has 360 valence electrons. The van der Waals surface area contributed by atoms with Gasteiger partial charge in [-0.25, -0.2) is 9.78 Å². The maximum atomic E-state index is 14.2. The number of aliphatic hydroxyl groups excluding tert-OH is 1. The summed E-state index contributed by atoms with van der Waals surface area (Å²) in [4.78, 5) is 140. The topological polar surface area (TPSA) is 458 Å². The number of imidazole rings is 1. The Labute approximate surface area is 377 Å². The molecule has 0 bridgehead atoms. The van der Waals surface area contributed by atoms with Gasteiger partial charge in [-0.3, -0.25) is 43.2 Å². The number of primary amides is 3. The van der Waals surface area contributed by atoms with E-state index in [1.807, 2.05) is 0 Å². The summed E-state index contributed by atoms with van der Waals surface area (Å²) < 4.78 is 0. The molecule has 0 radical (unpaired) electrons. The van der Waals surface area contributed by atoms with E-state index in [2.05, 4.69) is 46.9 Å². The lowest BCUT2D eigenvalue weighted by molar-refractivity contribution is -0.142. The van der Waals surface area contributed by atoms with Crippen molar-refractivity contribution >= 4 is 70.0 Å². The molecule has 0 unspecified atom stereocenters. The lowest BCUT2D eigenvalue weighted by atomic mass is 10.0. The van der Waals surface area contributed by atoms with Crippen molar-refractivity contribution in [3.05, 3.63) is 54.2 Å². The van der Waals surface area contributed by atoms with Gasteiger partial charge in [-0.1, -0.05) is 18.2 Å². The zero-order chi connectivity index (χ0) is 49.1. The van der Waals surface area contributed by atoms with Crippen molar-refractivity contribution in [3.8, 4) is 0 Å². The van der Waals surface area contributed by atoms with Crippen molar-refractivity contribution in [2.24, 2.45) is 28.7 Å². The van der Waals surface area contributed by atoms with Gasteiger partial charge in [0.05, 0.1) is 25.3 Å². The Bertz CT molecular complexity index is 2200. The second-order valence-electron chi connectivity index (χ2n) is 15.4. The van der Waals surface area contributed by atoms with Gasteiger partial charge in [-0.15, -0.1) is 0 Å². The van der Waals surface area contributed by atoms with Crippen molar-refractivity contribution in [1.29, 1.82) is 0 Å². The third-order valence-corrected chi connectivity index (χ3v) is 10.1. The van der Waals surface area contributed by atoms with Crippen molar-refractivity contribution in [2.45, 2.75) is 113 Å². The molecule has 0 saturated carbocycles. The van der Waals surface area contributed by atoms with Crippen LogP contribution in [0.15, 0.2) is 43.0 Å². The average molecular weight is 927 g/mol. The van der Waals surface area contributed by atoms with E-state index in [-0.39, 0.29) is 25.8 Å². The Morgan fingerprint density at radius 1 is 0.652 bits per heavy atom. The van der Waals surface area contributed by atoms with Gasteiger partial charge >= 0.3 is 5.97 Å². The molecule has 8 atom stereocenters. The van der Waals surface area contributed by atoms with E-state index in [0.29, 0.717) is 35.0 Å². The lowest BCUT2D eigenvalue weighted by Gasteiger charge is -2.27. The van der Waals surface area contributed by atoms with E-state index in [9.17, 15) is 58.2 Å². The molecule has 66 heavy (non-hydrogen) atoms. The number of nitrogens with two attached hydrogens (primary N) is 5. The lowest BCUT2D eigenvalue weighted by Crippen LogP contribution is -2.61. The van der Waals surface area contributed by atoms with Crippen LogP contribution in [0, 0.1) is 0 Å². The average Bonchev–Trinajstić information content (AvgIpc) is 3.92. The monoisotopic (exact) mass is 926 g/mol. The highest BCUT2D eigenvalue weighted by molar-refractivity contribution is 5.99. The summed E-state index contributed by atoms with van der Waals surface area (Å²) in [7, 11) is 0. The minimum atomic E-state index is -1.81. The molecule has 1 aromatic carbocycles. The summed E-state index contributed by atoms with van der Waals surface area (Å²) in [5.74, 6) is -10.9. The summed E-state index contributed by atoms with van der Waals surface area (Å²) in [6.07, 6.45) is 0.447. The Balaban J connectivity index is 1.96. The smallest absolute Gasteiger partial charge is 0.326 e. The number of amides is 9. The molecule has 0 fully saturated rings. The van der Waals surface area contributed by atoms with Crippen LogP contribution in [0.3, 0.4) is 0 Å². The Morgan fingerprint density at radius 3 is 1.70 bits per heavy atom. The highest BCUT2D eigenvalue weighted by Crippen LogP contribution is 2.20. The molecular weight excluding hydrogens is 869 g/mol. The van der Waals surface area contributed by atoms with Crippen molar-refractivity contribution in [3.63, 3.8) is 0 Å². The SMILES string of the molecule is C[C@@H](O)[C@H](N)C(=O)N[C@@H](Cc1cnc[nH]1)C(=O)N[C@@H](CC(N)=O)C(=O)N[C@@H](CCC(N)=O)C(=O)N[C@@H](Cc1c[nH]c2ccccc12)C(=O)N[C@@H](CC(N)=O)C(=O)N[C@@H](CCCCN)C(=O)O. The van der Waals surface area contributed by atoms with E-state index in [1.54, 1.807) is 30.5 Å². The molecule has 0 aliphatic rings. The largest absolute Gasteiger partial charge is 0.480 e. The number of H-pyrrole nitrogens is 2. The van der Waals surface area contributed by atoms with E-state index in [1.165, 1.54) is 19.4 Å². The van der Waals surface area contributed by atoms with Crippen LogP contribution in [-0.2, 0) is 60.8 Å². The molecule has 3 aromatic rings. The predicted molar refractivity (Wildman–Crippen MR) is 232 cm³/mol. The number of para-hydroxylation sites is 1. The number of aromatic amines is 2. The number of carbonyl (C=O) groups excluding carboxylic acids is 9. The number of hydrogen-bond acceptors (Lipinski definition) is 14. The molecule has 2 aromatic heterocycles. The normalized spacial score (nSPS) is 14.7. The predicted octanol–water partition coefficient (Wildman–Crippen LogP) is -5.48. The van der Waals surface area contributed by atoms with Crippen LogP contribution in [0.5, 0.6) is 0 Å². The number of hydrogen-bond donors (Lipinski definition) is 15. The van der Waals surface area contributed by atoms with Crippen LogP contribution >= 0.6 is 0 Å². The number of nitrogens with one attached hydrogen (secondary N) is 8. The molecule has 26 nitrogen and oxygen atoms in total. The van der Waals surface area contributed by atoms with Gasteiger partial charge in [-0.05, 0) is 50.8 Å². The first kappa shape index (κ1) is 52.9. The molecule has 0 saturated heterocycles. The van der Waals surface area contributed by atoms with Gasteiger partial charge in [0.2, 0.25) is 53.2 Å². The molecular formula is C40H58N14O12. The molecule has 0 spiro atoms. The molecule has 0 aliphatic carbocycles. The van der Waals surface area contributed by atoms with Crippen molar-refractivity contribution < 1.29 is 58.2 Å². The molecule has 26 heteroatoms. The number of rotatable bonds is 29. The number of carboxylic acid groups (broad SMARTS) is 1. The summed E-state index contributed by atoms with van der Waals surface area (Å²) in [5, 5.41) is 34.4. The number of benzene rings is 1. The van der Waals surface area contributed by atoms with Crippen LogP contribution in [-0.4, -0.2) is 139 Å². The number of aliphatic carboxylic acids is 1. The van der Waals surface area contributed by atoms with E-state index < -0.39 is 133 Å². The summed E-state index contributed by atoms with van der Waals surface area (Å²) >= 11 is 0. The summed E-state index contributed by atoms with van der Waals surface area (Å²) in [5.41, 5.74) is 28.9. The second kappa shape index (κ2) is 25.7. The van der Waals surface area contributed by atoms with Gasteiger partial charge in [0.1, 0.15) is 42.3 Å². The van der Waals surface area contributed by atoms with Gasteiger partial charge in [-0.2, -0.15) is 0 Å². The van der Waals surface area contributed by atoms with Crippen LogP contribution in [0.1, 0.15) is 63.1 Å². The Hall–Kier alpha value is -7.45. The van der Waals surface area contributed by atoms with Crippen LogP contribution < -0.4 is 60.6 Å². The molecule has 9 amide bonds. The number of fused-ring (bicyclic) bond motifs is 1. The van der Waals surface area contributed by atoms with Gasteiger partial charge in [0.25, 0.3) is 0 Å². The Morgan fingerprint density at radius 2 is 1.17 bits per heavy atom. The Kier molecular flexibility index (Phi) is 20.6. The second-order valence-corrected chi connectivity index (χ2v) is 15.4. The zero-order valence-corrected chi connectivity index (χ0v) is 36.0. The fourth-order valence-electron chi connectivity index (χ4n) is 6.53. The number of nitrogens with zero attached hydrogens (tertiary/aromatic N) is 1. The van der Waals surface area contributed by atoms with Crippen molar-refractivity contribution in [2.75, 3.05) is 6.54 Å². The number of carbonyl (C=O) groups is 10. The fourth-order valence-corrected chi connectivity index (χ4v) is 6.53. The number of carboxylic acids is 1. The molecule has 2 heterocycles. The van der Waals surface area contributed by atoms with Gasteiger partial charge in [0.15, 0.2) is 0 Å². The van der Waals surface area contributed by atoms with E-state index in [4.69, 9.17) is 28.7 Å². The fraction of sp³-hybridized carbons (Fsp3) is 0.475. The first-order chi connectivity index (χ1) is 31.2. The number of aromatic nitrogens is 3. The minimum absolute atomic E-state index is 0.0296. The highest BCUT2D eigenvalue weighted by atomic mass is 16.4. The highest BCUT2D eigenvalue weighted by Gasteiger charge is 2.35. The molecule has 20 N–H and O–H groups in total. The van der Waals surface area contributed by atoms with Crippen molar-refractivity contribution in [1.82, 2.24) is 46.9 Å². The minimum Gasteiger partial charge on any atom is -0.480 e. The van der Waals surface area contributed by atoms with Gasteiger partial charge < -0.3 is 80.8 Å². The summed E-state index contributed by atoms with van der Waals surface area (Å²) in [6.45, 7) is 1.51. The first-order valence-corrected chi connectivity index (χ1v) is 20.8. The number of unbranched alkanes of at least 4 members (excludes halogenated alkanes) is 1. The quantitative estimate of drug-likeness (QED) is 0.0289. The number of aliphatic hydroxyl groups is 1.